The fourth-order valence-corrected chi connectivity index (χ4v) is 1.13. The van der Waals surface area contributed by atoms with Gasteiger partial charge in [0.2, 0.25) is 6.29 Å². The lowest BCUT2D eigenvalue weighted by Crippen LogP contribution is -2.34. The number of cyclic esters (lactones) is 1. The summed E-state index contributed by atoms with van der Waals surface area (Å²) in [5.74, 6) is -0.182. The van der Waals surface area contributed by atoms with Crippen molar-refractivity contribution in [1.82, 2.24) is 0 Å². The highest BCUT2D eigenvalue weighted by Gasteiger charge is 2.28. The monoisotopic (exact) mass is 178 g/mol. The second kappa shape index (κ2) is 3.58. The Morgan fingerprint density at radius 3 is 2.69 bits per heavy atom. The van der Waals surface area contributed by atoms with Crippen LogP contribution in [0.5, 0.6) is 0 Å². The second-order valence-corrected chi connectivity index (χ2v) is 2.92. The van der Waals surface area contributed by atoms with Crippen LogP contribution in [0.1, 0.15) is 12.0 Å². The van der Waals surface area contributed by atoms with E-state index >= 15 is 0 Å². The van der Waals surface area contributed by atoms with Crippen molar-refractivity contribution >= 4 is 5.97 Å². The molecular formula is C10H10O3. The molecular weight excluding hydrogens is 168 g/mol. The van der Waals surface area contributed by atoms with Gasteiger partial charge in [-0.2, -0.15) is 0 Å². The molecule has 1 aromatic rings. The zero-order valence-electron chi connectivity index (χ0n) is 7.10. The van der Waals surface area contributed by atoms with E-state index in [1.165, 1.54) is 0 Å². The van der Waals surface area contributed by atoms with Gasteiger partial charge in [-0.1, -0.05) is 30.3 Å². The Labute approximate surface area is 76.3 Å². The van der Waals surface area contributed by atoms with Gasteiger partial charge in [0.25, 0.3) is 0 Å². The van der Waals surface area contributed by atoms with E-state index in [4.69, 9.17) is 9.47 Å². The zero-order chi connectivity index (χ0) is 9.10. The first-order chi connectivity index (χ1) is 6.34. The van der Waals surface area contributed by atoms with Crippen LogP contribution in [0.2, 0.25) is 0 Å². The Hall–Kier alpha value is -1.35. The van der Waals surface area contributed by atoms with Crippen molar-refractivity contribution < 1.29 is 14.3 Å². The largest absolute Gasteiger partial charge is 0.435 e. The molecule has 1 fully saturated rings. The summed E-state index contributed by atoms with van der Waals surface area (Å²) in [4.78, 5) is 10.4. The van der Waals surface area contributed by atoms with Crippen molar-refractivity contribution in [1.29, 1.82) is 0 Å². The molecule has 0 N–H and O–H groups in total. The lowest BCUT2D eigenvalue weighted by molar-refractivity contribution is -0.220. The van der Waals surface area contributed by atoms with E-state index in [-0.39, 0.29) is 12.3 Å². The lowest BCUT2D eigenvalue weighted by Gasteiger charge is -2.25. The minimum absolute atomic E-state index is 0.182. The van der Waals surface area contributed by atoms with E-state index in [9.17, 15) is 4.79 Å². The highest BCUT2D eigenvalue weighted by molar-refractivity contribution is 5.74. The van der Waals surface area contributed by atoms with E-state index < -0.39 is 0 Å². The fraction of sp³-hybridized carbons (Fsp3) is 0.300. The number of ether oxygens (including phenoxy) is 2. The molecule has 0 unspecified atom stereocenters. The van der Waals surface area contributed by atoms with Crippen LogP contribution in [-0.4, -0.2) is 12.3 Å². The van der Waals surface area contributed by atoms with E-state index in [1.807, 2.05) is 30.3 Å². The zero-order valence-corrected chi connectivity index (χ0v) is 7.10. The third kappa shape index (κ3) is 2.06. The molecule has 0 spiro atoms. The van der Waals surface area contributed by atoms with Crippen LogP contribution < -0.4 is 0 Å². The molecule has 3 nitrogen and oxygen atoms in total. The summed E-state index contributed by atoms with van der Waals surface area (Å²) in [6.07, 6.45) is 0.0556. The smallest absolute Gasteiger partial charge is 0.314 e. The molecule has 1 aliphatic heterocycles. The molecule has 0 saturated carbocycles. The van der Waals surface area contributed by atoms with Gasteiger partial charge < -0.3 is 9.47 Å². The molecule has 0 bridgehead atoms. The minimum Gasteiger partial charge on any atom is -0.435 e. The summed E-state index contributed by atoms with van der Waals surface area (Å²) in [7, 11) is 0. The molecule has 1 heterocycles. The van der Waals surface area contributed by atoms with Gasteiger partial charge in [-0.3, -0.25) is 4.79 Å². The van der Waals surface area contributed by atoms with Crippen LogP contribution >= 0.6 is 0 Å². The van der Waals surface area contributed by atoms with Crippen LogP contribution in [0, 0.1) is 0 Å². The lowest BCUT2D eigenvalue weighted by atomic mass is 10.2. The average Bonchev–Trinajstić information content (AvgIpc) is 2.12. The maximum absolute atomic E-state index is 10.4. The quantitative estimate of drug-likeness (QED) is 0.657. The molecule has 0 amide bonds. The van der Waals surface area contributed by atoms with Gasteiger partial charge in [-0.15, -0.1) is 0 Å². The van der Waals surface area contributed by atoms with Crippen molar-refractivity contribution in [2.75, 3.05) is 0 Å². The average molecular weight is 178 g/mol. The fourth-order valence-electron chi connectivity index (χ4n) is 1.13. The molecule has 3 heteroatoms. The normalized spacial score (nSPS) is 20.6. The molecule has 13 heavy (non-hydrogen) atoms. The molecule has 1 saturated heterocycles. The molecule has 2 rings (SSSR count). The van der Waals surface area contributed by atoms with Crippen LogP contribution in [0.3, 0.4) is 0 Å². The number of rotatable bonds is 3. The van der Waals surface area contributed by atoms with Gasteiger partial charge in [0.15, 0.2) is 0 Å². The maximum atomic E-state index is 10.4. The molecule has 1 atom stereocenters. The van der Waals surface area contributed by atoms with E-state index in [1.54, 1.807) is 0 Å². The molecule has 0 aliphatic carbocycles. The Kier molecular flexibility index (Phi) is 2.27. The van der Waals surface area contributed by atoms with Crippen LogP contribution in [0.4, 0.5) is 0 Å². The number of benzene rings is 1. The second-order valence-electron chi connectivity index (χ2n) is 2.92. The first-order valence-electron chi connectivity index (χ1n) is 4.19. The standard InChI is InChI=1S/C10H10O3/c11-9-6-10(13-9)12-7-8-4-2-1-3-5-8/h1-5,10H,6-7H2/t10-/m1/s1. The SMILES string of the molecule is O=C1C[C@H](OCc2ccccc2)O1. The Morgan fingerprint density at radius 1 is 1.38 bits per heavy atom. The molecule has 1 aliphatic rings. The summed E-state index contributed by atoms with van der Waals surface area (Å²) in [5.41, 5.74) is 1.09. The van der Waals surface area contributed by atoms with Crippen LogP contribution in [0.15, 0.2) is 30.3 Å². The van der Waals surface area contributed by atoms with Crippen molar-refractivity contribution in [3.05, 3.63) is 35.9 Å². The van der Waals surface area contributed by atoms with Crippen molar-refractivity contribution in [2.24, 2.45) is 0 Å². The third-order valence-electron chi connectivity index (χ3n) is 1.87. The third-order valence-corrected chi connectivity index (χ3v) is 1.87. The minimum atomic E-state index is -0.326. The highest BCUT2D eigenvalue weighted by Crippen LogP contribution is 2.16. The number of esters is 1. The summed E-state index contributed by atoms with van der Waals surface area (Å²) in [5, 5.41) is 0. The topological polar surface area (TPSA) is 35.5 Å². The van der Waals surface area contributed by atoms with Crippen molar-refractivity contribution in [3.8, 4) is 0 Å². The first kappa shape index (κ1) is 8.26. The van der Waals surface area contributed by atoms with E-state index in [0.29, 0.717) is 13.0 Å². The summed E-state index contributed by atoms with van der Waals surface area (Å²) in [6, 6.07) is 9.80. The first-order valence-corrected chi connectivity index (χ1v) is 4.19. The molecule has 1 aromatic carbocycles. The summed E-state index contributed by atoms with van der Waals surface area (Å²) >= 11 is 0. The van der Waals surface area contributed by atoms with Crippen LogP contribution in [-0.2, 0) is 20.9 Å². The van der Waals surface area contributed by atoms with Crippen LogP contribution in [0.25, 0.3) is 0 Å². The number of carbonyl (C=O) groups excluding carboxylic acids is 1. The van der Waals surface area contributed by atoms with Crippen molar-refractivity contribution in [2.45, 2.75) is 19.3 Å². The summed E-state index contributed by atoms with van der Waals surface area (Å²) < 4.78 is 9.99. The van der Waals surface area contributed by atoms with Gasteiger partial charge in [-0.05, 0) is 5.56 Å². The van der Waals surface area contributed by atoms with Gasteiger partial charge >= 0.3 is 5.97 Å². The highest BCUT2D eigenvalue weighted by atomic mass is 16.7. The van der Waals surface area contributed by atoms with E-state index in [0.717, 1.165) is 5.56 Å². The molecule has 0 aromatic heterocycles. The van der Waals surface area contributed by atoms with Crippen molar-refractivity contribution in [3.63, 3.8) is 0 Å². The van der Waals surface area contributed by atoms with Gasteiger partial charge in [0.1, 0.15) is 6.42 Å². The predicted molar refractivity (Wildman–Crippen MR) is 45.7 cm³/mol. The maximum Gasteiger partial charge on any atom is 0.314 e. The van der Waals surface area contributed by atoms with Gasteiger partial charge in [0.05, 0.1) is 6.61 Å². The Balaban J connectivity index is 1.77. The predicted octanol–water partition coefficient (Wildman–Crippen LogP) is 1.48. The molecule has 0 radical (unpaired) electrons. The van der Waals surface area contributed by atoms with E-state index in [2.05, 4.69) is 0 Å². The van der Waals surface area contributed by atoms with Gasteiger partial charge in [0, 0.05) is 0 Å². The van der Waals surface area contributed by atoms with Gasteiger partial charge in [-0.25, -0.2) is 0 Å². The Bertz CT molecular complexity index is 286. The number of hydrogen-bond acceptors (Lipinski definition) is 3. The molecule has 68 valence electrons. The number of hydrogen-bond donors (Lipinski definition) is 0. The Morgan fingerprint density at radius 2 is 2.08 bits per heavy atom. The number of carbonyl (C=O) groups is 1. The summed E-state index contributed by atoms with van der Waals surface area (Å²) in [6.45, 7) is 0.499.